The molecule has 104 valence electrons. The van der Waals surface area contributed by atoms with Crippen molar-refractivity contribution in [2.45, 2.75) is 26.7 Å². The third-order valence-electron chi connectivity index (χ3n) is 2.83. The molecule has 0 unspecified atom stereocenters. The minimum Gasteiger partial charge on any atom is -0.478 e. The van der Waals surface area contributed by atoms with Crippen molar-refractivity contribution in [2.75, 3.05) is 27.2 Å². The maximum Gasteiger partial charge on any atom is 0.359 e. The lowest BCUT2D eigenvalue weighted by molar-refractivity contribution is -0.889. The summed E-state index contributed by atoms with van der Waals surface area (Å²) in [5.41, 5.74) is 0.0729. The van der Waals surface area contributed by atoms with Crippen LogP contribution in [0.3, 0.4) is 0 Å². The zero-order valence-corrected chi connectivity index (χ0v) is 11.7. The number of carbonyl (C=O) groups is 2. The molecule has 0 heterocycles. The zero-order valence-electron chi connectivity index (χ0n) is 11.7. The number of nitrogens with zero attached hydrogens (tertiary/aromatic N) is 1. The zero-order chi connectivity index (χ0) is 14.6. The summed E-state index contributed by atoms with van der Waals surface area (Å²) in [7, 11) is 3.73. The molecular weight excluding hydrogens is 234 g/mol. The standard InChI is InChI=1S/C13H23NO4/c1-10(12(17)18)6-7-13(2,3)9-14(4,5)8-11(15)16/h1,6-9H2,2-5H3,(H-,15,16,17,18)/p+1. The van der Waals surface area contributed by atoms with Crippen molar-refractivity contribution in [1.29, 1.82) is 0 Å². The van der Waals surface area contributed by atoms with Gasteiger partial charge in [-0.15, -0.1) is 0 Å². The topological polar surface area (TPSA) is 74.6 Å². The summed E-state index contributed by atoms with van der Waals surface area (Å²) >= 11 is 0. The van der Waals surface area contributed by atoms with E-state index in [1.807, 2.05) is 27.9 Å². The second kappa shape index (κ2) is 6.00. The lowest BCUT2D eigenvalue weighted by atomic mass is 9.85. The van der Waals surface area contributed by atoms with E-state index in [4.69, 9.17) is 10.2 Å². The largest absolute Gasteiger partial charge is 0.478 e. The van der Waals surface area contributed by atoms with Crippen molar-refractivity contribution in [2.24, 2.45) is 5.41 Å². The molecule has 18 heavy (non-hydrogen) atoms. The molecule has 0 saturated carbocycles. The SMILES string of the molecule is C=C(CCC(C)(C)C[N+](C)(C)CC(=O)O)C(=O)O. The molecule has 0 atom stereocenters. The summed E-state index contributed by atoms with van der Waals surface area (Å²) in [5, 5.41) is 17.6. The molecule has 0 saturated heterocycles. The molecule has 0 aliphatic heterocycles. The van der Waals surface area contributed by atoms with Crippen LogP contribution in [-0.4, -0.2) is 53.8 Å². The third kappa shape index (κ3) is 7.06. The summed E-state index contributed by atoms with van der Waals surface area (Å²) in [6, 6.07) is 0. The Hall–Kier alpha value is -1.36. The summed E-state index contributed by atoms with van der Waals surface area (Å²) in [4.78, 5) is 21.4. The van der Waals surface area contributed by atoms with Crippen molar-refractivity contribution in [3.63, 3.8) is 0 Å². The van der Waals surface area contributed by atoms with Gasteiger partial charge in [-0.2, -0.15) is 0 Å². The Kier molecular flexibility index (Phi) is 5.55. The fourth-order valence-electron chi connectivity index (χ4n) is 2.26. The number of carboxylic acid groups (broad SMARTS) is 2. The van der Waals surface area contributed by atoms with E-state index in [2.05, 4.69) is 6.58 Å². The van der Waals surface area contributed by atoms with Crippen molar-refractivity contribution < 1.29 is 24.3 Å². The average Bonchev–Trinajstić information content (AvgIpc) is 2.09. The highest BCUT2D eigenvalue weighted by atomic mass is 16.4. The molecule has 2 N–H and O–H groups in total. The Bertz CT molecular complexity index is 345. The molecule has 0 spiro atoms. The van der Waals surface area contributed by atoms with Crippen LogP contribution < -0.4 is 0 Å². The number of hydrogen-bond acceptors (Lipinski definition) is 2. The van der Waals surface area contributed by atoms with E-state index in [-0.39, 0.29) is 17.5 Å². The molecular formula is C13H24NO4+. The quantitative estimate of drug-likeness (QED) is 0.512. The van der Waals surface area contributed by atoms with Gasteiger partial charge in [-0.3, -0.25) is 0 Å². The van der Waals surface area contributed by atoms with Gasteiger partial charge in [-0.05, 0) is 12.8 Å². The number of likely N-dealkylation sites (N-methyl/N-ethyl adjacent to an activating group) is 1. The van der Waals surface area contributed by atoms with Crippen LogP contribution in [0.25, 0.3) is 0 Å². The molecule has 5 nitrogen and oxygen atoms in total. The van der Waals surface area contributed by atoms with Crippen LogP contribution in [0.1, 0.15) is 26.7 Å². The van der Waals surface area contributed by atoms with Gasteiger partial charge >= 0.3 is 11.9 Å². The Morgan fingerprint density at radius 1 is 1.22 bits per heavy atom. The first-order chi connectivity index (χ1) is 7.95. The van der Waals surface area contributed by atoms with Crippen LogP contribution >= 0.6 is 0 Å². The van der Waals surface area contributed by atoms with Gasteiger partial charge < -0.3 is 14.7 Å². The van der Waals surface area contributed by atoms with Crippen LogP contribution in [0, 0.1) is 5.41 Å². The van der Waals surface area contributed by atoms with E-state index < -0.39 is 11.9 Å². The first-order valence-corrected chi connectivity index (χ1v) is 5.90. The number of carboxylic acids is 2. The Balaban J connectivity index is 4.42. The predicted molar refractivity (Wildman–Crippen MR) is 69.3 cm³/mol. The van der Waals surface area contributed by atoms with E-state index in [1.54, 1.807) is 0 Å². The minimum absolute atomic E-state index is 0.0588. The van der Waals surface area contributed by atoms with Gasteiger partial charge in [0, 0.05) is 11.0 Å². The molecule has 0 fully saturated rings. The van der Waals surface area contributed by atoms with E-state index in [9.17, 15) is 9.59 Å². The Morgan fingerprint density at radius 3 is 2.11 bits per heavy atom. The van der Waals surface area contributed by atoms with E-state index in [0.717, 1.165) is 0 Å². The maximum atomic E-state index is 10.7. The number of aliphatic carboxylic acids is 2. The minimum atomic E-state index is -0.968. The fourth-order valence-corrected chi connectivity index (χ4v) is 2.26. The second-order valence-corrected chi connectivity index (χ2v) is 6.22. The molecule has 0 radical (unpaired) electrons. The van der Waals surface area contributed by atoms with Gasteiger partial charge in [0.05, 0.1) is 20.6 Å². The van der Waals surface area contributed by atoms with Crippen molar-refractivity contribution in [3.8, 4) is 0 Å². The molecule has 0 rings (SSSR count). The molecule has 0 bridgehead atoms. The summed E-state index contributed by atoms with van der Waals surface area (Å²) in [6.45, 7) is 8.27. The number of quaternary nitrogens is 1. The first kappa shape index (κ1) is 16.6. The molecule has 0 aromatic carbocycles. The van der Waals surface area contributed by atoms with Crippen LogP contribution in [-0.2, 0) is 9.59 Å². The fraction of sp³-hybridized carbons (Fsp3) is 0.692. The monoisotopic (exact) mass is 258 g/mol. The normalized spacial score (nSPS) is 12.2. The van der Waals surface area contributed by atoms with Gasteiger partial charge in [0.1, 0.15) is 0 Å². The van der Waals surface area contributed by atoms with Gasteiger partial charge in [0.2, 0.25) is 0 Å². The lowest BCUT2D eigenvalue weighted by Crippen LogP contribution is -2.49. The van der Waals surface area contributed by atoms with E-state index in [0.29, 0.717) is 23.9 Å². The highest BCUT2D eigenvalue weighted by molar-refractivity contribution is 5.85. The molecule has 0 aromatic rings. The molecule has 0 aliphatic carbocycles. The molecule has 0 amide bonds. The van der Waals surface area contributed by atoms with Gasteiger partial charge in [0.25, 0.3) is 0 Å². The van der Waals surface area contributed by atoms with Crippen LogP contribution in [0.4, 0.5) is 0 Å². The lowest BCUT2D eigenvalue weighted by Gasteiger charge is -2.36. The maximum absolute atomic E-state index is 10.7. The highest BCUT2D eigenvalue weighted by Gasteiger charge is 2.30. The van der Waals surface area contributed by atoms with Crippen molar-refractivity contribution in [1.82, 2.24) is 0 Å². The van der Waals surface area contributed by atoms with E-state index >= 15 is 0 Å². The highest BCUT2D eigenvalue weighted by Crippen LogP contribution is 2.27. The van der Waals surface area contributed by atoms with Crippen LogP contribution in [0.5, 0.6) is 0 Å². The third-order valence-corrected chi connectivity index (χ3v) is 2.83. The van der Waals surface area contributed by atoms with Gasteiger partial charge in [-0.25, -0.2) is 9.59 Å². The second-order valence-electron chi connectivity index (χ2n) is 6.22. The summed E-state index contributed by atoms with van der Waals surface area (Å²) in [5.74, 6) is -1.80. The Morgan fingerprint density at radius 2 is 1.72 bits per heavy atom. The average molecular weight is 258 g/mol. The Labute approximate surface area is 108 Å². The van der Waals surface area contributed by atoms with Crippen molar-refractivity contribution >= 4 is 11.9 Å². The molecule has 0 aliphatic rings. The van der Waals surface area contributed by atoms with Crippen LogP contribution in [0.15, 0.2) is 12.2 Å². The van der Waals surface area contributed by atoms with Gasteiger partial charge in [-0.1, -0.05) is 20.4 Å². The number of hydrogen-bond donors (Lipinski definition) is 2. The predicted octanol–water partition coefficient (Wildman–Crippen LogP) is 1.59. The smallest absolute Gasteiger partial charge is 0.359 e. The van der Waals surface area contributed by atoms with Crippen LogP contribution in [0.2, 0.25) is 0 Å². The molecule has 5 heteroatoms. The van der Waals surface area contributed by atoms with Gasteiger partial charge in [0.15, 0.2) is 6.54 Å². The first-order valence-electron chi connectivity index (χ1n) is 5.90. The summed E-state index contributed by atoms with van der Waals surface area (Å²) in [6.07, 6.45) is 1.11. The molecule has 0 aromatic heterocycles. The summed E-state index contributed by atoms with van der Waals surface area (Å²) < 4.78 is 0.377. The van der Waals surface area contributed by atoms with Crippen molar-refractivity contribution in [3.05, 3.63) is 12.2 Å². The van der Waals surface area contributed by atoms with E-state index in [1.165, 1.54) is 0 Å². The number of rotatable bonds is 8.